The van der Waals surface area contributed by atoms with E-state index in [1.807, 2.05) is 6.92 Å². The van der Waals surface area contributed by atoms with Crippen molar-refractivity contribution in [2.75, 3.05) is 30.7 Å². The monoisotopic (exact) mass is 251 g/mol. The Hall–Kier alpha value is -1.36. The molecule has 0 spiro atoms. The van der Waals surface area contributed by atoms with Gasteiger partial charge in [0.25, 0.3) is 0 Å². The molecule has 1 aromatic heterocycles. The molecule has 0 bridgehead atoms. The fourth-order valence-electron chi connectivity index (χ4n) is 1.92. The predicted molar refractivity (Wildman–Crippen MR) is 76.7 cm³/mol. The molecule has 3 N–H and O–H groups in total. The minimum absolute atomic E-state index is 0.337. The minimum Gasteiger partial charge on any atom is -0.384 e. The number of nitrogens with one attached hydrogen (secondary N) is 1. The lowest BCUT2D eigenvalue weighted by Crippen LogP contribution is -2.35. The normalized spacial score (nSPS) is 12.7. The van der Waals surface area contributed by atoms with Gasteiger partial charge in [0, 0.05) is 25.1 Å². The molecule has 0 saturated carbocycles. The number of aryl methyl sites for hydroxylation is 1. The molecule has 1 unspecified atom stereocenters. The largest absolute Gasteiger partial charge is 0.384 e. The van der Waals surface area contributed by atoms with Crippen LogP contribution in [0.5, 0.6) is 0 Å². The highest BCUT2D eigenvalue weighted by molar-refractivity contribution is 5.45. The van der Waals surface area contributed by atoms with Gasteiger partial charge in [-0.05, 0) is 20.0 Å². The summed E-state index contributed by atoms with van der Waals surface area (Å²) in [4.78, 5) is 11.0. The quantitative estimate of drug-likeness (QED) is 0.773. The topological polar surface area (TPSA) is 67.1 Å². The van der Waals surface area contributed by atoms with Crippen LogP contribution < -0.4 is 11.1 Å². The Labute approximate surface area is 110 Å². The van der Waals surface area contributed by atoms with Gasteiger partial charge in [-0.1, -0.05) is 20.8 Å². The molecular formula is C13H25N5. The lowest BCUT2D eigenvalue weighted by Gasteiger charge is -2.23. The molecule has 1 heterocycles. The van der Waals surface area contributed by atoms with Crippen molar-refractivity contribution in [1.82, 2.24) is 14.9 Å². The standard InChI is InChI=1S/C13H25N5/c1-5-12-16-11(14)8-13(17-12)15-10(4)9-18(6-2)7-3/h8,10H,5-7,9H2,1-4H3,(H3,14,15,16,17). The SMILES string of the molecule is CCc1nc(N)cc(NC(C)CN(CC)CC)n1. The third-order valence-electron chi connectivity index (χ3n) is 2.93. The highest BCUT2D eigenvalue weighted by Gasteiger charge is 2.08. The van der Waals surface area contributed by atoms with Crippen molar-refractivity contribution >= 4 is 11.6 Å². The van der Waals surface area contributed by atoms with Gasteiger partial charge >= 0.3 is 0 Å². The third kappa shape index (κ3) is 4.49. The highest BCUT2D eigenvalue weighted by atomic mass is 15.2. The molecule has 5 heteroatoms. The van der Waals surface area contributed by atoms with Crippen LogP contribution in [0.1, 0.15) is 33.5 Å². The van der Waals surface area contributed by atoms with Crippen molar-refractivity contribution < 1.29 is 0 Å². The molecule has 0 fully saturated rings. The van der Waals surface area contributed by atoms with Crippen LogP contribution in [0.3, 0.4) is 0 Å². The summed E-state index contributed by atoms with van der Waals surface area (Å²) >= 11 is 0. The van der Waals surface area contributed by atoms with Gasteiger partial charge in [0.05, 0.1) is 0 Å². The molecule has 0 aliphatic carbocycles. The maximum absolute atomic E-state index is 5.76. The number of nitrogens with zero attached hydrogens (tertiary/aromatic N) is 3. The average molecular weight is 251 g/mol. The molecule has 1 rings (SSSR count). The van der Waals surface area contributed by atoms with Crippen LogP contribution in [0.15, 0.2) is 6.07 Å². The number of aromatic nitrogens is 2. The van der Waals surface area contributed by atoms with Gasteiger partial charge in [0.15, 0.2) is 0 Å². The fourth-order valence-corrected chi connectivity index (χ4v) is 1.92. The summed E-state index contributed by atoms with van der Waals surface area (Å²) in [5.74, 6) is 2.13. The number of hydrogen-bond acceptors (Lipinski definition) is 5. The second kappa shape index (κ2) is 7.16. The number of nitrogen functional groups attached to an aromatic ring is 1. The van der Waals surface area contributed by atoms with E-state index in [1.54, 1.807) is 6.07 Å². The average Bonchev–Trinajstić information content (AvgIpc) is 2.35. The molecule has 5 nitrogen and oxygen atoms in total. The Balaban J connectivity index is 2.63. The Morgan fingerprint density at radius 2 is 1.94 bits per heavy atom. The number of hydrogen-bond donors (Lipinski definition) is 2. The van der Waals surface area contributed by atoms with Gasteiger partial charge in [-0.25, -0.2) is 9.97 Å². The first-order valence-electron chi connectivity index (χ1n) is 6.71. The van der Waals surface area contributed by atoms with Crippen LogP contribution in [0.2, 0.25) is 0 Å². The van der Waals surface area contributed by atoms with Crippen LogP contribution in [-0.2, 0) is 6.42 Å². The zero-order chi connectivity index (χ0) is 13.5. The second-order valence-electron chi connectivity index (χ2n) is 4.48. The van der Waals surface area contributed by atoms with Gasteiger partial charge in [-0.2, -0.15) is 0 Å². The van der Waals surface area contributed by atoms with Crippen LogP contribution in [-0.4, -0.2) is 40.5 Å². The molecule has 1 atom stereocenters. The van der Waals surface area contributed by atoms with Gasteiger partial charge in [0.2, 0.25) is 0 Å². The zero-order valence-electron chi connectivity index (χ0n) is 11.9. The van der Waals surface area contributed by atoms with Crippen molar-refractivity contribution in [3.63, 3.8) is 0 Å². The summed E-state index contributed by atoms with van der Waals surface area (Å²) in [7, 11) is 0. The Morgan fingerprint density at radius 1 is 1.28 bits per heavy atom. The van der Waals surface area contributed by atoms with E-state index in [4.69, 9.17) is 5.73 Å². The maximum Gasteiger partial charge on any atom is 0.132 e. The van der Waals surface area contributed by atoms with E-state index in [9.17, 15) is 0 Å². The first kappa shape index (κ1) is 14.7. The minimum atomic E-state index is 0.337. The third-order valence-corrected chi connectivity index (χ3v) is 2.93. The molecule has 0 amide bonds. The summed E-state index contributed by atoms with van der Waals surface area (Å²) in [5, 5.41) is 3.38. The van der Waals surface area contributed by atoms with Crippen molar-refractivity contribution in [2.24, 2.45) is 0 Å². The van der Waals surface area contributed by atoms with Gasteiger partial charge in [-0.3, -0.25) is 0 Å². The highest BCUT2D eigenvalue weighted by Crippen LogP contribution is 2.10. The number of likely N-dealkylation sites (N-methyl/N-ethyl adjacent to an activating group) is 1. The van der Waals surface area contributed by atoms with Gasteiger partial charge in [-0.15, -0.1) is 0 Å². The summed E-state index contributed by atoms with van der Waals surface area (Å²) in [6.45, 7) is 11.7. The zero-order valence-corrected chi connectivity index (χ0v) is 11.9. The van der Waals surface area contributed by atoms with E-state index >= 15 is 0 Å². The molecule has 0 aliphatic heterocycles. The molecule has 0 aromatic carbocycles. The summed E-state index contributed by atoms with van der Waals surface area (Å²) in [5.41, 5.74) is 5.76. The lowest BCUT2D eigenvalue weighted by atomic mass is 10.3. The van der Waals surface area contributed by atoms with E-state index < -0.39 is 0 Å². The van der Waals surface area contributed by atoms with Crippen molar-refractivity contribution in [1.29, 1.82) is 0 Å². The first-order chi connectivity index (χ1) is 8.58. The van der Waals surface area contributed by atoms with E-state index in [2.05, 4.69) is 41.0 Å². The number of rotatable bonds is 7. The van der Waals surface area contributed by atoms with Crippen molar-refractivity contribution in [3.8, 4) is 0 Å². The Bertz CT molecular complexity index is 362. The van der Waals surface area contributed by atoms with E-state index in [-0.39, 0.29) is 0 Å². The molecular weight excluding hydrogens is 226 g/mol. The maximum atomic E-state index is 5.76. The summed E-state index contributed by atoms with van der Waals surface area (Å²) in [6.07, 6.45) is 0.796. The fraction of sp³-hybridized carbons (Fsp3) is 0.692. The lowest BCUT2D eigenvalue weighted by molar-refractivity contribution is 0.294. The van der Waals surface area contributed by atoms with E-state index in [0.29, 0.717) is 11.9 Å². The molecule has 1 aromatic rings. The van der Waals surface area contributed by atoms with Crippen LogP contribution in [0.25, 0.3) is 0 Å². The molecule has 18 heavy (non-hydrogen) atoms. The van der Waals surface area contributed by atoms with Crippen LogP contribution in [0, 0.1) is 0 Å². The molecule has 102 valence electrons. The molecule has 0 aliphatic rings. The first-order valence-corrected chi connectivity index (χ1v) is 6.71. The Kier molecular flexibility index (Phi) is 5.85. The van der Waals surface area contributed by atoms with E-state index in [1.165, 1.54) is 0 Å². The Morgan fingerprint density at radius 3 is 2.50 bits per heavy atom. The number of nitrogens with two attached hydrogens (primary N) is 1. The number of anilines is 2. The second-order valence-corrected chi connectivity index (χ2v) is 4.48. The summed E-state index contributed by atoms with van der Waals surface area (Å²) in [6, 6.07) is 2.13. The molecule has 0 saturated heterocycles. The molecule has 0 radical (unpaired) electrons. The smallest absolute Gasteiger partial charge is 0.132 e. The van der Waals surface area contributed by atoms with Crippen LogP contribution >= 0.6 is 0 Å². The van der Waals surface area contributed by atoms with Crippen molar-refractivity contribution in [3.05, 3.63) is 11.9 Å². The van der Waals surface area contributed by atoms with Gasteiger partial charge < -0.3 is 16.0 Å². The predicted octanol–water partition coefficient (Wildman–Crippen LogP) is 1.76. The van der Waals surface area contributed by atoms with Gasteiger partial charge in [0.1, 0.15) is 17.5 Å². The van der Waals surface area contributed by atoms with E-state index in [0.717, 1.165) is 37.7 Å². The van der Waals surface area contributed by atoms with Crippen LogP contribution in [0.4, 0.5) is 11.6 Å². The van der Waals surface area contributed by atoms with Crippen molar-refractivity contribution in [2.45, 2.75) is 40.2 Å². The summed E-state index contributed by atoms with van der Waals surface area (Å²) < 4.78 is 0.